The second kappa shape index (κ2) is 34.3. The third-order valence-corrected chi connectivity index (χ3v) is 17.6. The summed E-state index contributed by atoms with van der Waals surface area (Å²) in [6.07, 6.45) is -1.35. The second-order valence-electron chi connectivity index (χ2n) is 24.3. The zero-order valence-electron chi connectivity index (χ0n) is 55.7. The fraction of sp³-hybridized carbons (Fsp3) is 0.417. The highest BCUT2D eigenvalue weighted by Gasteiger charge is 2.48. The summed E-state index contributed by atoms with van der Waals surface area (Å²) < 4.78 is 55.2. The van der Waals surface area contributed by atoms with Crippen LogP contribution >= 0.6 is 0 Å². The van der Waals surface area contributed by atoms with Crippen LogP contribution in [-0.2, 0) is 49.5 Å². The van der Waals surface area contributed by atoms with Crippen molar-refractivity contribution in [3.05, 3.63) is 147 Å². The maximum Gasteiger partial charge on any atom is 0.430 e. The second-order valence-corrected chi connectivity index (χ2v) is 24.3. The van der Waals surface area contributed by atoms with E-state index in [9.17, 15) is 65.9 Å². The molecular weight excluding hydrogens is 1310 g/mol. The number of aryl methyl sites for hydroxylation is 4. The lowest BCUT2D eigenvalue weighted by Gasteiger charge is -2.37. The number of esters is 1. The average molecular weight is 1390 g/mol. The molecule has 5 aliphatic rings. The Morgan fingerprint density at radius 1 is 0.690 bits per heavy atom. The fourth-order valence-corrected chi connectivity index (χ4v) is 12.4. The normalized spacial score (nSPS) is 17.7. The highest BCUT2D eigenvalue weighted by Crippen LogP contribution is 2.39. The highest BCUT2D eigenvalue weighted by atomic mass is 19.4. The molecule has 534 valence electrons. The zero-order chi connectivity index (χ0) is 72.0. The minimum atomic E-state index is -5.19. The van der Waals surface area contributed by atoms with Crippen LogP contribution < -0.4 is 46.3 Å². The number of halogens is 3. The quantitative estimate of drug-likeness (QED) is 0.0255. The first kappa shape index (κ1) is 76.9. The van der Waals surface area contributed by atoms with Gasteiger partial charge in [-0.1, -0.05) is 62.9 Å². The van der Waals surface area contributed by atoms with E-state index >= 15 is 0 Å². The van der Waals surface area contributed by atoms with Gasteiger partial charge in [0.1, 0.15) is 42.6 Å². The van der Waals surface area contributed by atoms with E-state index in [2.05, 4.69) is 59.0 Å². The molecule has 3 unspecified atom stereocenters. The zero-order valence-corrected chi connectivity index (χ0v) is 55.7. The monoisotopic (exact) mass is 1390 g/mol. The first-order valence-electron chi connectivity index (χ1n) is 32.5. The van der Waals surface area contributed by atoms with Crippen molar-refractivity contribution in [3.63, 3.8) is 0 Å². The van der Waals surface area contributed by atoms with Gasteiger partial charge in [-0.05, 0) is 154 Å². The number of carboxylic acids is 1. The summed E-state index contributed by atoms with van der Waals surface area (Å²) in [4.78, 5) is 154. The van der Waals surface area contributed by atoms with Gasteiger partial charge in [-0.15, -0.1) is 0 Å². The molecule has 25 nitrogen and oxygen atoms in total. The molecular formula is C72H83F3N8O17. The Labute approximate surface area is 575 Å². The number of anilines is 2. The number of ether oxygens (including phenoxy) is 4. The van der Waals surface area contributed by atoms with Gasteiger partial charge in [-0.2, -0.15) is 13.2 Å². The van der Waals surface area contributed by atoms with E-state index in [0.29, 0.717) is 92.5 Å². The van der Waals surface area contributed by atoms with Gasteiger partial charge in [0.05, 0.1) is 55.5 Å². The Bertz CT molecular complexity index is 3970. The van der Waals surface area contributed by atoms with Crippen LogP contribution in [-0.4, -0.2) is 157 Å². The number of ketones is 1. The van der Waals surface area contributed by atoms with E-state index < -0.39 is 89.6 Å². The summed E-state index contributed by atoms with van der Waals surface area (Å²) in [6, 6.07) is 24.3. The smallest absolute Gasteiger partial charge is 0.430 e. The molecule has 28 heteroatoms. The Balaban J connectivity index is 0.000000372. The Morgan fingerprint density at radius 2 is 1.27 bits per heavy atom. The number of likely N-dealkylation sites (tertiary alicyclic amines) is 1. The molecule has 10 rings (SSSR count). The number of Topliss-reactive ketones (excluding diaryl/α,β-unsaturated/α-hetero) is 1. The summed E-state index contributed by atoms with van der Waals surface area (Å²) in [7, 11) is 3.15. The van der Waals surface area contributed by atoms with E-state index in [1.165, 1.54) is 11.6 Å². The minimum Gasteiger partial charge on any atom is -0.542 e. The van der Waals surface area contributed by atoms with Crippen molar-refractivity contribution < 1.29 is 100 Å². The van der Waals surface area contributed by atoms with Crippen LogP contribution in [0.2, 0.25) is 0 Å². The van der Waals surface area contributed by atoms with Crippen LogP contribution in [0.15, 0.2) is 91.0 Å². The van der Waals surface area contributed by atoms with Crippen molar-refractivity contribution in [3.8, 4) is 17.2 Å². The first-order valence-corrected chi connectivity index (χ1v) is 32.5. The largest absolute Gasteiger partial charge is 0.542 e. The molecule has 100 heavy (non-hydrogen) atoms. The number of nitrogens with zero attached hydrogens (tertiary/aromatic N) is 3. The molecule has 5 aromatic rings. The van der Waals surface area contributed by atoms with Gasteiger partial charge in [-0.3, -0.25) is 68.4 Å². The van der Waals surface area contributed by atoms with E-state index in [1.54, 1.807) is 67.7 Å². The van der Waals surface area contributed by atoms with Gasteiger partial charge in [0.25, 0.3) is 23.6 Å². The van der Waals surface area contributed by atoms with Gasteiger partial charge < -0.3 is 50.1 Å². The molecule has 0 spiro atoms. The number of methoxy groups -OCH3 is 2. The molecule has 3 saturated heterocycles. The Morgan fingerprint density at radius 3 is 1.80 bits per heavy atom. The van der Waals surface area contributed by atoms with Crippen molar-refractivity contribution >= 4 is 82.3 Å². The number of quaternary nitrogens is 1. The van der Waals surface area contributed by atoms with Crippen LogP contribution in [0.5, 0.6) is 17.2 Å². The van der Waals surface area contributed by atoms with Gasteiger partial charge in [-0.25, -0.2) is 4.79 Å². The minimum absolute atomic E-state index is 0. The van der Waals surface area contributed by atoms with E-state index in [4.69, 9.17) is 28.8 Å². The van der Waals surface area contributed by atoms with Crippen molar-refractivity contribution in [1.82, 2.24) is 25.3 Å². The molecule has 0 bridgehead atoms. The summed E-state index contributed by atoms with van der Waals surface area (Å²) in [5.41, 5.74) is 11.3. The summed E-state index contributed by atoms with van der Waals surface area (Å²) in [5, 5.41) is 19.4. The maximum atomic E-state index is 14.5. The number of hydrogen-bond donors (Lipinski definition) is 5. The molecule has 7 N–H and O–H groups in total. The van der Waals surface area contributed by atoms with Crippen molar-refractivity contribution in [2.75, 3.05) is 57.6 Å². The number of carbonyl (C=O) groups is 12. The predicted molar refractivity (Wildman–Crippen MR) is 355 cm³/mol. The lowest BCUT2D eigenvalue weighted by Crippen LogP contribution is -2.54. The SMILES string of the molecule is C.CC[C@H](C(=O)N1CCCCC1C(=O)O[C@H](CCc1ccc(C)c(C)c1)c1cccc(OCC(=O)CCCNc2cccc3c2C(=O)N(C2CCC(=O)NC2=O)C3=O)c1)c1cc(C)c(OC)c(OC)c1.O=C([O-])C(F)(F)F.[NH3+]CCNc1cccc2c1C(=O)N(C1CCC(=O)NC1=O)C2=O. The highest BCUT2D eigenvalue weighted by molar-refractivity contribution is 6.26. The molecule has 5 atom stereocenters. The number of alkyl halides is 3. The van der Waals surface area contributed by atoms with Crippen LogP contribution in [0, 0.1) is 20.8 Å². The lowest BCUT2D eigenvalue weighted by molar-refractivity contribution is -0.362. The topological polar surface area (TPSA) is 350 Å². The van der Waals surface area contributed by atoms with Gasteiger partial charge in [0.2, 0.25) is 29.5 Å². The van der Waals surface area contributed by atoms with Crippen molar-refractivity contribution in [2.45, 2.75) is 148 Å². The number of rotatable bonds is 24. The summed E-state index contributed by atoms with van der Waals surface area (Å²) >= 11 is 0. The van der Waals surface area contributed by atoms with Gasteiger partial charge >= 0.3 is 12.1 Å². The first-order chi connectivity index (χ1) is 47.2. The van der Waals surface area contributed by atoms with E-state index in [0.717, 1.165) is 44.9 Å². The molecule has 0 saturated carbocycles. The molecule has 5 aromatic carbocycles. The number of benzene rings is 5. The van der Waals surface area contributed by atoms with Crippen molar-refractivity contribution in [1.29, 1.82) is 0 Å². The standard InChI is InChI=1S/C54H62N4O11.C15H16N4O4.C2HF3O2.CH4/c1-7-40(37-28-34(4)49(67-6)46(30-37)66-5)51(62)57-26-9-8-18-44(57)54(65)69-45(23-21-35-20-19-32(2)33(3)27-35)36-13-10-15-39(29-36)68-31-38(59)14-12-25-55-42-17-11-16-41-48(42)53(64)58(52(41)63)43-22-24-47(60)56-50(43)61;16-6-7-17-9-3-1-2-8-12(9)15(23)19(14(8)22)10-4-5-11(20)18-13(10)21;3-2(4,5)1(6)7;/h10-11,13,15-17,19-20,27-30,40,43-45,55H,7-9,12,14,18,21-26,31H2,1-6H3,(H,56,60,61);1-3,10,17H,4-7,16H2,(H,18,20,21);(H,6,7);1H4/t40-,43?,44?,45+;;;/m0.../s1. The third-order valence-electron chi connectivity index (χ3n) is 17.6. The molecule has 0 radical (unpaired) electrons. The van der Waals surface area contributed by atoms with Gasteiger partial charge in [0.15, 0.2) is 17.3 Å². The van der Waals surface area contributed by atoms with Crippen LogP contribution in [0.1, 0.15) is 172 Å². The predicted octanol–water partition coefficient (Wildman–Crippen LogP) is 6.34. The number of carboxylic acid groups (broad SMARTS) is 1. The van der Waals surface area contributed by atoms with Gasteiger partial charge in [0, 0.05) is 43.7 Å². The molecule has 0 aliphatic carbocycles. The van der Waals surface area contributed by atoms with Crippen LogP contribution in [0.4, 0.5) is 24.5 Å². The third kappa shape index (κ3) is 18.0. The molecule has 5 heterocycles. The number of piperidine rings is 3. The summed E-state index contributed by atoms with van der Waals surface area (Å²) in [5.74, 6) is -7.05. The number of amides is 9. The molecule has 5 aliphatic heterocycles. The average Bonchev–Trinajstić information content (AvgIpc) is 1.60. The van der Waals surface area contributed by atoms with E-state index in [-0.39, 0.29) is 86.0 Å². The lowest BCUT2D eigenvalue weighted by atomic mass is 9.91. The summed E-state index contributed by atoms with van der Waals surface area (Å²) in [6.45, 7) is 9.73. The maximum absolute atomic E-state index is 14.5. The number of aliphatic carboxylic acids is 1. The van der Waals surface area contributed by atoms with Crippen LogP contribution in [0.25, 0.3) is 0 Å². The number of imide groups is 4. The van der Waals surface area contributed by atoms with E-state index in [1.807, 2.05) is 32.0 Å². The Kier molecular flexibility index (Phi) is 26.4. The number of nitrogens with one attached hydrogen (secondary N) is 4. The van der Waals surface area contributed by atoms with Crippen LogP contribution in [0.3, 0.4) is 0 Å². The number of hydrogen-bond acceptors (Lipinski definition) is 19. The number of fused-ring (bicyclic) bond motifs is 2. The fourth-order valence-electron chi connectivity index (χ4n) is 12.4. The molecule has 0 aromatic heterocycles. The molecule has 3 fully saturated rings. The Hall–Kier alpha value is -10.5. The number of carbonyl (C=O) groups excluding carboxylic acids is 12. The molecule has 9 amide bonds. The van der Waals surface area contributed by atoms with Crippen molar-refractivity contribution in [2.24, 2.45) is 0 Å².